The monoisotopic (exact) mass is 371 g/mol. The first kappa shape index (κ1) is 19.1. The van der Waals surface area contributed by atoms with E-state index in [2.05, 4.69) is 5.32 Å². The third kappa shape index (κ3) is 4.91. The predicted octanol–water partition coefficient (Wildman–Crippen LogP) is 2.17. The molecule has 1 amide bonds. The average Bonchev–Trinajstić information content (AvgIpc) is 2.59. The Morgan fingerprint density at radius 3 is 2.35 bits per heavy atom. The second-order valence-corrected chi connectivity index (χ2v) is 7.52. The van der Waals surface area contributed by atoms with Crippen molar-refractivity contribution < 1.29 is 18.0 Å². The summed E-state index contributed by atoms with van der Waals surface area (Å²) in [5.41, 5.74) is 1.47. The molecule has 0 saturated carbocycles. The lowest BCUT2D eigenvalue weighted by Gasteiger charge is -2.22. The van der Waals surface area contributed by atoms with E-state index in [9.17, 15) is 18.0 Å². The molecule has 0 aliphatic carbocycles. The molecular weight excluding hydrogens is 354 g/mol. The Hall–Kier alpha value is -3.18. The van der Waals surface area contributed by atoms with Crippen LogP contribution in [0.1, 0.15) is 22.8 Å². The van der Waals surface area contributed by atoms with E-state index >= 15 is 0 Å². The van der Waals surface area contributed by atoms with E-state index in [4.69, 9.17) is 5.26 Å². The maximum Gasteiger partial charge on any atom is 0.245 e. The van der Waals surface area contributed by atoms with Gasteiger partial charge in [0.15, 0.2) is 5.78 Å². The first-order valence-electron chi connectivity index (χ1n) is 7.59. The first-order valence-corrected chi connectivity index (χ1v) is 9.44. The minimum atomic E-state index is -3.74. The summed E-state index contributed by atoms with van der Waals surface area (Å²) in [6.07, 6.45) is 0.989. The van der Waals surface area contributed by atoms with Gasteiger partial charge >= 0.3 is 0 Å². The Kier molecular flexibility index (Phi) is 5.75. The summed E-state index contributed by atoms with van der Waals surface area (Å²) >= 11 is 0. The van der Waals surface area contributed by atoms with Crippen molar-refractivity contribution in [3.8, 4) is 6.07 Å². The molecule has 0 saturated heterocycles. The van der Waals surface area contributed by atoms with Crippen molar-refractivity contribution in [1.82, 2.24) is 0 Å². The zero-order chi connectivity index (χ0) is 19.3. The van der Waals surface area contributed by atoms with Crippen LogP contribution in [0.3, 0.4) is 0 Å². The fraction of sp³-hybridized carbons (Fsp3) is 0.167. The van der Waals surface area contributed by atoms with E-state index in [-0.39, 0.29) is 11.5 Å². The number of hydrogen-bond donors (Lipinski definition) is 1. The molecule has 0 fully saturated rings. The number of sulfonamides is 1. The van der Waals surface area contributed by atoms with Crippen LogP contribution in [0.5, 0.6) is 0 Å². The lowest BCUT2D eigenvalue weighted by Crippen LogP contribution is -2.37. The van der Waals surface area contributed by atoms with Crippen LogP contribution in [0.4, 0.5) is 11.4 Å². The number of rotatable bonds is 6. The third-order valence-corrected chi connectivity index (χ3v) is 4.67. The van der Waals surface area contributed by atoms with Crippen LogP contribution < -0.4 is 9.62 Å². The number of Topliss-reactive ketones (excluding diaryl/α,β-unsaturated/α-hetero) is 1. The molecule has 0 unspecified atom stereocenters. The van der Waals surface area contributed by atoms with Crippen molar-refractivity contribution in [2.24, 2.45) is 0 Å². The molecule has 0 atom stereocenters. The summed E-state index contributed by atoms with van der Waals surface area (Å²) in [4.78, 5) is 23.8. The Morgan fingerprint density at radius 2 is 1.81 bits per heavy atom. The third-order valence-electron chi connectivity index (χ3n) is 3.53. The van der Waals surface area contributed by atoms with E-state index in [1.807, 2.05) is 6.07 Å². The van der Waals surface area contributed by atoms with Gasteiger partial charge in [-0.25, -0.2) is 8.42 Å². The Labute approximate surface area is 151 Å². The largest absolute Gasteiger partial charge is 0.325 e. The van der Waals surface area contributed by atoms with E-state index in [0.29, 0.717) is 16.8 Å². The summed E-state index contributed by atoms with van der Waals surface area (Å²) < 4.78 is 25.1. The van der Waals surface area contributed by atoms with Crippen molar-refractivity contribution >= 4 is 33.1 Å². The molecule has 0 radical (unpaired) electrons. The van der Waals surface area contributed by atoms with E-state index < -0.39 is 22.5 Å². The highest BCUT2D eigenvalue weighted by molar-refractivity contribution is 7.92. The lowest BCUT2D eigenvalue weighted by atomic mass is 10.1. The number of nitrogens with one attached hydrogen (secondary N) is 1. The Bertz CT molecular complexity index is 976. The molecule has 2 aromatic carbocycles. The lowest BCUT2D eigenvalue weighted by molar-refractivity contribution is -0.114. The number of amides is 1. The Morgan fingerprint density at radius 1 is 1.15 bits per heavy atom. The fourth-order valence-corrected chi connectivity index (χ4v) is 3.09. The zero-order valence-corrected chi connectivity index (χ0v) is 15.1. The van der Waals surface area contributed by atoms with Crippen molar-refractivity contribution in [1.29, 1.82) is 5.26 Å². The number of nitriles is 1. The van der Waals surface area contributed by atoms with Crippen LogP contribution in [-0.2, 0) is 14.8 Å². The second kappa shape index (κ2) is 7.80. The SMILES string of the molecule is CC(=O)c1cccc(N(CC(=O)Nc2ccc(C#N)cc2)S(C)(=O)=O)c1. The smallest absolute Gasteiger partial charge is 0.245 e. The van der Waals surface area contributed by atoms with Gasteiger partial charge in [0.2, 0.25) is 15.9 Å². The average molecular weight is 371 g/mol. The molecule has 0 aliphatic rings. The number of anilines is 2. The van der Waals surface area contributed by atoms with Gasteiger partial charge < -0.3 is 5.32 Å². The number of hydrogen-bond acceptors (Lipinski definition) is 5. The number of ketones is 1. The molecule has 0 bridgehead atoms. The maximum atomic E-state index is 12.3. The molecule has 7 nitrogen and oxygen atoms in total. The molecule has 2 rings (SSSR count). The Balaban J connectivity index is 2.23. The molecule has 0 spiro atoms. The topological polar surface area (TPSA) is 107 Å². The predicted molar refractivity (Wildman–Crippen MR) is 98.4 cm³/mol. The number of carbonyl (C=O) groups excluding carboxylic acids is 2. The molecule has 0 aliphatic heterocycles. The summed E-state index contributed by atoms with van der Waals surface area (Å²) in [5.74, 6) is -0.754. The van der Waals surface area contributed by atoms with Gasteiger partial charge in [0.25, 0.3) is 0 Å². The van der Waals surface area contributed by atoms with Crippen LogP contribution in [0.25, 0.3) is 0 Å². The van der Waals surface area contributed by atoms with Gasteiger partial charge in [0.05, 0.1) is 23.6 Å². The van der Waals surface area contributed by atoms with Gasteiger partial charge in [-0.3, -0.25) is 13.9 Å². The highest BCUT2D eigenvalue weighted by atomic mass is 32.2. The maximum absolute atomic E-state index is 12.3. The fourth-order valence-electron chi connectivity index (χ4n) is 2.24. The summed E-state index contributed by atoms with van der Waals surface area (Å²) in [7, 11) is -3.74. The van der Waals surface area contributed by atoms with E-state index in [0.717, 1.165) is 10.6 Å². The molecule has 1 N–H and O–H groups in total. The molecule has 134 valence electrons. The second-order valence-electron chi connectivity index (χ2n) is 5.61. The van der Waals surface area contributed by atoms with Crippen molar-refractivity contribution in [2.45, 2.75) is 6.92 Å². The standard InChI is InChI=1S/C18H17N3O4S/c1-13(22)15-4-3-5-17(10-15)21(26(2,24)25)12-18(23)20-16-8-6-14(11-19)7-9-16/h3-10H,12H2,1-2H3,(H,20,23). The normalized spacial score (nSPS) is 10.7. The van der Waals surface area contributed by atoms with Crippen molar-refractivity contribution in [3.05, 3.63) is 59.7 Å². The molecule has 0 aromatic heterocycles. The van der Waals surface area contributed by atoms with Gasteiger partial charge in [0.1, 0.15) is 6.54 Å². The highest BCUT2D eigenvalue weighted by Gasteiger charge is 2.21. The zero-order valence-electron chi connectivity index (χ0n) is 14.3. The van der Waals surface area contributed by atoms with Gasteiger partial charge in [-0.2, -0.15) is 5.26 Å². The van der Waals surface area contributed by atoms with Gasteiger partial charge in [-0.05, 0) is 43.3 Å². The van der Waals surface area contributed by atoms with Crippen LogP contribution in [-0.4, -0.2) is 32.9 Å². The van der Waals surface area contributed by atoms with Crippen molar-refractivity contribution in [3.63, 3.8) is 0 Å². The summed E-state index contributed by atoms with van der Waals surface area (Å²) in [6, 6.07) is 14.2. The molecule has 8 heteroatoms. The van der Waals surface area contributed by atoms with Crippen LogP contribution >= 0.6 is 0 Å². The van der Waals surface area contributed by atoms with Crippen LogP contribution in [0, 0.1) is 11.3 Å². The van der Waals surface area contributed by atoms with E-state index in [1.165, 1.54) is 19.1 Å². The molecular formula is C18H17N3O4S. The summed E-state index contributed by atoms with van der Waals surface area (Å²) in [6.45, 7) is 0.932. The number of carbonyl (C=O) groups is 2. The first-order chi connectivity index (χ1) is 12.2. The number of benzene rings is 2. The summed E-state index contributed by atoms with van der Waals surface area (Å²) in [5, 5.41) is 11.4. The van der Waals surface area contributed by atoms with Gasteiger partial charge in [-0.15, -0.1) is 0 Å². The van der Waals surface area contributed by atoms with Crippen LogP contribution in [0.15, 0.2) is 48.5 Å². The minimum absolute atomic E-state index is 0.206. The highest BCUT2D eigenvalue weighted by Crippen LogP contribution is 2.20. The van der Waals surface area contributed by atoms with Crippen LogP contribution in [0.2, 0.25) is 0 Å². The molecule has 0 heterocycles. The molecule has 2 aromatic rings. The molecule has 26 heavy (non-hydrogen) atoms. The van der Waals surface area contributed by atoms with Gasteiger partial charge in [-0.1, -0.05) is 12.1 Å². The quantitative estimate of drug-likeness (QED) is 0.783. The number of nitrogens with zero attached hydrogens (tertiary/aromatic N) is 2. The minimum Gasteiger partial charge on any atom is -0.325 e. The van der Waals surface area contributed by atoms with E-state index in [1.54, 1.807) is 36.4 Å². The van der Waals surface area contributed by atoms with Crippen molar-refractivity contribution in [2.75, 3.05) is 22.4 Å². The van der Waals surface area contributed by atoms with Gasteiger partial charge in [0, 0.05) is 11.3 Å².